The van der Waals surface area contributed by atoms with Crippen LogP contribution in [-0.2, 0) is 0 Å². The number of hydrogen-bond acceptors (Lipinski definition) is 3. The summed E-state index contributed by atoms with van der Waals surface area (Å²) in [6.07, 6.45) is 4.18. The Kier molecular flexibility index (Phi) is 2.95. The number of benzene rings is 1. The van der Waals surface area contributed by atoms with E-state index in [1.54, 1.807) is 6.20 Å². The second kappa shape index (κ2) is 4.63. The zero-order valence-electron chi connectivity index (χ0n) is 10.6. The highest BCUT2D eigenvalue weighted by Crippen LogP contribution is 2.30. The first kappa shape index (κ1) is 12.1. The highest BCUT2D eigenvalue weighted by atomic mass is 16.3. The molecule has 19 heavy (non-hydrogen) atoms. The van der Waals surface area contributed by atoms with Gasteiger partial charge in [-0.1, -0.05) is 24.3 Å². The van der Waals surface area contributed by atoms with Gasteiger partial charge < -0.3 is 10.4 Å². The lowest BCUT2D eigenvalue weighted by atomic mass is 9.80. The Labute approximate surface area is 111 Å². The third kappa shape index (κ3) is 2.31. The maximum atomic E-state index is 12.2. The number of amides is 1. The summed E-state index contributed by atoms with van der Waals surface area (Å²) in [5.41, 5.74) is -0.290. The molecule has 1 saturated carbocycles. The molecule has 1 aromatic carbocycles. The van der Waals surface area contributed by atoms with E-state index in [4.69, 9.17) is 0 Å². The van der Waals surface area contributed by atoms with Gasteiger partial charge in [0, 0.05) is 18.1 Å². The fraction of sp³-hybridized carbons (Fsp3) is 0.333. The number of hydrogen-bond donors (Lipinski definition) is 2. The van der Waals surface area contributed by atoms with Crippen molar-refractivity contribution in [3.8, 4) is 0 Å². The van der Waals surface area contributed by atoms with E-state index in [2.05, 4.69) is 10.3 Å². The van der Waals surface area contributed by atoms with Crippen LogP contribution in [0.25, 0.3) is 10.8 Å². The molecule has 2 aromatic rings. The van der Waals surface area contributed by atoms with Crippen molar-refractivity contribution in [3.63, 3.8) is 0 Å². The summed E-state index contributed by atoms with van der Waals surface area (Å²) in [5, 5.41) is 14.6. The van der Waals surface area contributed by atoms with Gasteiger partial charge in [-0.2, -0.15) is 0 Å². The van der Waals surface area contributed by atoms with E-state index in [9.17, 15) is 9.90 Å². The topological polar surface area (TPSA) is 62.2 Å². The van der Waals surface area contributed by atoms with Crippen molar-refractivity contribution in [1.82, 2.24) is 10.3 Å². The molecule has 0 bridgehead atoms. The quantitative estimate of drug-likeness (QED) is 0.881. The van der Waals surface area contributed by atoms with Gasteiger partial charge in [0.1, 0.15) is 5.69 Å². The molecule has 0 atom stereocenters. The van der Waals surface area contributed by atoms with Crippen LogP contribution in [0.2, 0.25) is 0 Å². The summed E-state index contributed by atoms with van der Waals surface area (Å²) in [4.78, 5) is 16.3. The Morgan fingerprint density at radius 1 is 1.32 bits per heavy atom. The number of aliphatic hydroxyl groups is 1. The second-order valence-electron chi connectivity index (χ2n) is 5.14. The molecule has 0 radical (unpaired) electrons. The number of nitrogens with one attached hydrogen (secondary N) is 1. The molecule has 4 nitrogen and oxygen atoms in total. The van der Waals surface area contributed by atoms with E-state index in [0.717, 1.165) is 30.0 Å². The lowest BCUT2D eigenvalue weighted by Crippen LogP contribution is -2.47. The van der Waals surface area contributed by atoms with Crippen LogP contribution in [0.4, 0.5) is 0 Å². The normalized spacial score (nSPS) is 16.9. The van der Waals surface area contributed by atoms with Crippen molar-refractivity contribution in [1.29, 1.82) is 0 Å². The largest absolute Gasteiger partial charge is 0.388 e. The van der Waals surface area contributed by atoms with Crippen molar-refractivity contribution >= 4 is 16.7 Å². The van der Waals surface area contributed by atoms with Gasteiger partial charge in [0.2, 0.25) is 0 Å². The van der Waals surface area contributed by atoms with E-state index in [0.29, 0.717) is 12.2 Å². The smallest absolute Gasteiger partial charge is 0.270 e. The second-order valence-corrected chi connectivity index (χ2v) is 5.14. The van der Waals surface area contributed by atoms with Gasteiger partial charge in [0.25, 0.3) is 5.91 Å². The minimum atomic E-state index is -0.708. The van der Waals surface area contributed by atoms with Gasteiger partial charge in [-0.15, -0.1) is 0 Å². The highest BCUT2D eigenvalue weighted by molar-refractivity contribution is 6.05. The van der Waals surface area contributed by atoms with Crippen LogP contribution < -0.4 is 5.32 Å². The van der Waals surface area contributed by atoms with Gasteiger partial charge in [0.15, 0.2) is 0 Å². The summed E-state index contributed by atoms with van der Waals surface area (Å²) in [6.45, 7) is 0.302. The molecule has 1 heterocycles. The van der Waals surface area contributed by atoms with Gasteiger partial charge >= 0.3 is 0 Å². The molecule has 0 aliphatic heterocycles. The van der Waals surface area contributed by atoms with Crippen LogP contribution in [-0.4, -0.2) is 28.1 Å². The van der Waals surface area contributed by atoms with Crippen molar-refractivity contribution in [3.05, 3.63) is 42.2 Å². The summed E-state index contributed by atoms with van der Waals surface area (Å²) >= 11 is 0. The van der Waals surface area contributed by atoms with Crippen molar-refractivity contribution < 1.29 is 9.90 Å². The third-order valence-electron chi connectivity index (χ3n) is 3.75. The van der Waals surface area contributed by atoms with Crippen LogP contribution in [0, 0.1) is 0 Å². The summed E-state index contributed by atoms with van der Waals surface area (Å²) < 4.78 is 0. The average molecular weight is 256 g/mol. The molecule has 0 unspecified atom stereocenters. The molecule has 2 N–H and O–H groups in total. The van der Waals surface area contributed by atoms with Crippen LogP contribution in [0.5, 0.6) is 0 Å². The van der Waals surface area contributed by atoms with E-state index < -0.39 is 5.60 Å². The number of rotatable bonds is 3. The Balaban J connectivity index is 1.81. The SMILES string of the molecule is O=C(NCC1(O)CCC1)c1nccc2ccccc12. The van der Waals surface area contributed by atoms with Crippen LogP contribution in [0.3, 0.4) is 0 Å². The Morgan fingerprint density at radius 3 is 2.84 bits per heavy atom. The zero-order chi connectivity index (χ0) is 13.3. The number of nitrogens with zero attached hydrogens (tertiary/aromatic N) is 1. The van der Waals surface area contributed by atoms with Gasteiger partial charge in [0.05, 0.1) is 5.60 Å². The minimum Gasteiger partial charge on any atom is -0.388 e. The lowest BCUT2D eigenvalue weighted by Gasteiger charge is -2.36. The van der Waals surface area contributed by atoms with Crippen LogP contribution in [0.1, 0.15) is 29.8 Å². The van der Waals surface area contributed by atoms with Crippen LogP contribution >= 0.6 is 0 Å². The Hall–Kier alpha value is -1.94. The van der Waals surface area contributed by atoms with Crippen molar-refractivity contribution in [2.75, 3.05) is 6.54 Å². The number of carbonyl (C=O) groups is 1. The molecule has 3 rings (SSSR count). The molecule has 98 valence electrons. The van der Waals surface area contributed by atoms with Crippen LogP contribution in [0.15, 0.2) is 36.5 Å². The summed E-state index contributed by atoms with van der Waals surface area (Å²) in [5.74, 6) is -0.225. The Bertz CT molecular complexity index is 615. The van der Waals surface area contributed by atoms with Crippen molar-refractivity contribution in [2.24, 2.45) is 0 Å². The van der Waals surface area contributed by atoms with E-state index in [-0.39, 0.29) is 5.91 Å². The van der Waals surface area contributed by atoms with E-state index in [1.165, 1.54) is 0 Å². The fourth-order valence-corrected chi connectivity index (χ4v) is 2.39. The van der Waals surface area contributed by atoms with Gasteiger partial charge in [-0.3, -0.25) is 9.78 Å². The minimum absolute atomic E-state index is 0.225. The Morgan fingerprint density at radius 2 is 2.11 bits per heavy atom. The van der Waals surface area contributed by atoms with Crippen molar-refractivity contribution in [2.45, 2.75) is 24.9 Å². The lowest BCUT2D eigenvalue weighted by molar-refractivity contribution is -0.0300. The average Bonchev–Trinajstić information content (AvgIpc) is 2.42. The summed E-state index contributed by atoms with van der Waals surface area (Å²) in [6, 6.07) is 9.54. The molecule has 0 spiro atoms. The molecular weight excluding hydrogens is 240 g/mol. The summed E-state index contributed by atoms with van der Waals surface area (Å²) in [7, 11) is 0. The van der Waals surface area contributed by atoms with E-state index in [1.807, 2.05) is 30.3 Å². The molecule has 1 amide bonds. The standard InChI is InChI=1S/C15H16N2O2/c18-14(17-10-15(19)7-3-8-15)13-12-5-2-1-4-11(12)6-9-16-13/h1-2,4-6,9,19H,3,7-8,10H2,(H,17,18). The molecule has 1 aliphatic rings. The van der Waals surface area contributed by atoms with E-state index >= 15 is 0 Å². The first-order valence-corrected chi connectivity index (χ1v) is 6.52. The molecule has 0 saturated heterocycles. The predicted octanol–water partition coefficient (Wildman–Crippen LogP) is 1.88. The third-order valence-corrected chi connectivity index (χ3v) is 3.75. The highest BCUT2D eigenvalue weighted by Gasteiger charge is 2.34. The molecule has 4 heteroatoms. The predicted molar refractivity (Wildman–Crippen MR) is 72.9 cm³/mol. The monoisotopic (exact) mass is 256 g/mol. The van der Waals surface area contributed by atoms with Gasteiger partial charge in [-0.05, 0) is 30.7 Å². The molecular formula is C15H16N2O2. The molecule has 1 aliphatic carbocycles. The maximum absolute atomic E-state index is 12.2. The number of fused-ring (bicyclic) bond motifs is 1. The number of carbonyl (C=O) groups excluding carboxylic acids is 1. The molecule has 1 fully saturated rings. The molecule has 1 aromatic heterocycles. The fourth-order valence-electron chi connectivity index (χ4n) is 2.39. The van der Waals surface area contributed by atoms with Gasteiger partial charge in [-0.25, -0.2) is 0 Å². The zero-order valence-corrected chi connectivity index (χ0v) is 10.6. The first-order chi connectivity index (χ1) is 9.18. The number of pyridine rings is 1. The number of aromatic nitrogens is 1. The first-order valence-electron chi connectivity index (χ1n) is 6.52. The maximum Gasteiger partial charge on any atom is 0.270 e.